The third-order valence-electron chi connectivity index (χ3n) is 2.74. The predicted molar refractivity (Wildman–Crippen MR) is 53.5 cm³/mol. The van der Waals surface area contributed by atoms with Gasteiger partial charge in [-0.1, -0.05) is 0 Å². The van der Waals surface area contributed by atoms with Gasteiger partial charge in [0.2, 0.25) is 5.91 Å². The molecule has 0 aromatic rings. The molecule has 1 aliphatic heterocycles. The van der Waals surface area contributed by atoms with Crippen molar-refractivity contribution in [2.75, 3.05) is 34.2 Å². The summed E-state index contributed by atoms with van der Waals surface area (Å²) in [6.45, 7) is 2.20. The molecule has 1 fully saturated rings. The maximum absolute atomic E-state index is 11.7. The molecule has 1 amide bonds. The molecule has 3 heteroatoms. The quantitative estimate of drug-likeness (QED) is 0.602. The van der Waals surface area contributed by atoms with Crippen molar-refractivity contribution >= 4 is 5.91 Å². The van der Waals surface area contributed by atoms with Crippen LogP contribution in [0.2, 0.25) is 0 Å². The van der Waals surface area contributed by atoms with E-state index in [2.05, 4.69) is 11.9 Å². The predicted octanol–water partition coefficient (Wildman–Crippen LogP) is 0.806. The highest BCUT2D eigenvalue weighted by atomic mass is 16.2. The Balaban J connectivity index is 2.46. The summed E-state index contributed by atoms with van der Waals surface area (Å²) in [5.74, 6) is 0.565. The lowest BCUT2D eigenvalue weighted by atomic mass is 9.99. The van der Waals surface area contributed by atoms with E-state index in [1.54, 1.807) is 4.90 Å². The van der Waals surface area contributed by atoms with Crippen molar-refractivity contribution in [1.82, 2.24) is 9.80 Å². The zero-order valence-electron chi connectivity index (χ0n) is 8.92. The smallest absolute Gasteiger partial charge is 0.225 e. The van der Waals surface area contributed by atoms with Crippen molar-refractivity contribution in [3.8, 4) is 0 Å². The third-order valence-corrected chi connectivity index (χ3v) is 2.74. The molecule has 3 nitrogen and oxygen atoms in total. The summed E-state index contributed by atoms with van der Waals surface area (Å²) >= 11 is 0. The summed E-state index contributed by atoms with van der Waals surface area (Å²) in [6, 6.07) is 0. The van der Waals surface area contributed by atoms with E-state index in [4.69, 9.17) is 0 Å². The zero-order valence-corrected chi connectivity index (χ0v) is 8.92. The molecule has 1 rings (SSSR count). The van der Waals surface area contributed by atoms with Gasteiger partial charge in [-0.2, -0.15) is 0 Å². The molecule has 1 atom stereocenters. The first-order valence-corrected chi connectivity index (χ1v) is 5.01. The van der Waals surface area contributed by atoms with Crippen molar-refractivity contribution in [1.29, 1.82) is 0 Å². The molecule has 0 saturated carbocycles. The van der Waals surface area contributed by atoms with Gasteiger partial charge in [0.05, 0.1) is 0 Å². The van der Waals surface area contributed by atoms with Crippen LogP contribution in [-0.2, 0) is 4.79 Å². The molecule has 0 aliphatic carbocycles. The molecule has 0 aromatic heterocycles. The average molecular weight is 184 g/mol. The van der Waals surface area contributed by atoms with Gasteiger partial charge in [-0.25, -0.2) is 0 Å². The lowest BCUT2D eigenvalue weighted by Gasteiger charge is -2.18. The molecule has 76 valence electrons. The third kappa shape index (κ3) is 2.99. The average Bonchev–Trinajstić information content (AvgIpc) is 2.28. The number of carbonyl (C=O) groups excluding carboxylic acids is 1. The second kappa shape index (κ2) is 4.61. The summed E-state index contributed by atoms with van der Waals surface area (Å²) in [6.07, 6.45) is 3.23. The van der Waals surface area contributed by atoms with E-state index >= 15 is 0 Å². The molecule has 0 bridgehead atoms. The maximum atomic E-state index is 11.7. The normalized spacial score (nSPS) is 25.3. The fourth-order valence-electron chi connectivity index (χ4n) is 1.85. The Morgan fingerprint density at radius 1 is 1.31 bits per heavy atom. The van der Waals surface area contributed by atoms with Crippen LogP contribution < -0.4 is 0 Å². The second-order valence-electron chi connectivity index (χ2n) is 4.16. The number of rotatable bonds is 1. The van der Waals surface area contributed by atoms with E-state index < -0.39 is 0 Å². The van der Waals surface area contributed by atoms with Gasteiger partial charge < -0.3 is 9.80 Å². The molecule has 13 heavy (non-hydrogen) atoms. The number of nitrogens with zero attached hydrogens (tertiary/aromatic N) is 2. The highest BCUT2D eigenvalue weighted by Gasteiger charge is 2.22. The minimum absolute atomic E-state index is 0.264. The Kier molecular flexibility index (Phi) is 3.72. The van der Waals surface area contributed by atoms with Crippen LogP contribution in [0.15, 0.2) is 0 Å². The van der Waals surface area contributed by atoms with Gasteiger partial charge in [0.1, 0.15) is 0 Å². The molecule has 1 unspecified atom stereocenters. The minimum atomic E-state index is 0.264. The Morgan fingerprint density at radius 2 is 2.00 bits per heavy atom. The van der Waals surface area contributed by atoms with Crippen LogP contribution in [-0.4, -0.2) is 49.9 Å². The Labute approximate surface area is 80.7 Å². The van der Waals surface area contributed by atoms with E-state index in [1.807, 2.05) is 14.1 Å². The molecular weight excluding hydrogens is 164 g/mol. The number of carbonyl (C=O) groups is 1. The van der Waals surface area contributed by atoms with Crippen LogP contribution in [0.5, 0.6) is 0 Å². The van der Waals surface area contributed by atoms with Gasteiger partial charge in [-0.3, -0.25) is 4.79 Å². The topological polar surface area (TPSA) is 23.6 Å². The van der Waals surface area contributed by atoms with Crippen LogP contribution in [0.3, 0.4) is 0 Å². The fraction of sp³-hybridized carbons (Fsp3) is 0.900. The first kappa shape index (κ1) is 10.5. The molecule has 0 N–H and O–H groups in total. The largest absolute Gasteiger partial charge is 0.349 e. The van der Waals surface area contributed by atoms with Gasteiger partial charge in [0.25, 0.3) is 0 Å². The first-order valence-electron chi connectivity index (χ1n) is 5.01. The van der Waals surface area contributed by atoms with Crippen LogP contribution in [0.1, 0.15) is 19.3 Å². The van der Waals surface area contributed by atoms with E-state index in [-0.39, 0.29) is 5.92 Å². The number of amides is 1. The highest BCUT2D eigenvalue weighted by Crippen LogP contribution is 2.18. The maximum Gasteiger partial charge on any atom is 0.225 e. The van der Waals surface area contributed by atoms with E-state index in [1.165, 1.54) is 0 Å². The summed E-state index contributed by atoms with van der Waals surface area (Å²) in [4.78, 5) is 15.7. The molecule has 0 aromatic carbocycles. The molecule has 0 spiro atoms. The van der Waals surface area contributed by atoms with E-state index in [0.717, 1.165) is 32.4 Å². The van der Waals surface area contributed by atoms with Crippen molar-refractivity contribution in [2.45, 2.75) is 19.3 Å². The summed E-state index contributed by atoms with van der Waals surface area (Å²) in [5, 5.41) is 0. The fourth-order valence-corrected chi connectivity index (χ4v) is 1.85. The van der Waals surface area contributed by atoms with E-state index in [0.29, 0.717) is 5.91 Å². The Morgan fingerprint density at radius 3 is 2.62 bits per heavy atom. The molecule has 1 heterocycles. The van der Waals surface area contributed by atoms with Crippen LogP contribution in [0.4, 0.5) is 0 Å². The number of hydrogen-bond acceptors (Lipinski definition) is 2. The van der Waals surface area contributed by atoms with Crippen LogP contribution in [0.25, 0.3) is 0 Å². The molecular formula is C10H20N2O. The highest BCUT2D eigenvalue weighted by molar-refractivity contribution is 5.78. The van der Waals surface area contributed by atoms with Gasteiger partial charge in [0.15, 0.2) is 0 Å². The van der Waals surface area contributed by atoms with E-state index in [9.17, 15) is 4.79 Å². The van der Waals surface area contributed by atoms with Crippen molar-refractivity contribution in [3.05, 3.63) is 0 Å². The van der Waals surface area contributed by atoms with Crippen molar-refractivity contribution < 1.29 is 4.79 Å². The van der Waals surface area contributed by atoms with Gasteiger partial charge in [-0.15, -0.1) is 0 Å². The monoisotopic (exact) mass is 184 g/mol. The molecule has 1 saturated heterocycles. The van der Waals surface area contributed by atoms with Crippen molar-refractivity contribution in [2.24, 2.45) is 5.92 Å². The molecule has 0 radical (unpaired) electrons. The van der Waals surface area contributed by atoms with Crippen molar-refractivity contribution in [3.63, 3.8) is 0 Å². The standard InChI is InChI=1S/C10H20N2O/c1-11(2)10(13)9-5-4-7-12(3)8-6-9/h9H,4-8H2,1-3H3. The summed E-state index contributed by atoms with van der Waals surface area (Å²) in [7, 11) is 5.82. The minimum Gasteiger partial charge on any atom is -0.349 e. The lowest BCUT2D eigenvalue weighted by molar-refractivity contribution is -0.133. The Bertz CT molecular complexity index is 180. The second-order valence-corrected chi connectivity index (χ2v) is 4.16. The van der Waals surface area contributed by atoms with Crippen LogP contribution in [0, 0.1) is 5.92 Å². The Hall–Kier alpha value is -0.570. The first-order chi connectivity index (χ1) is 6.11. The number of likely N-dealkylation sites (tertiary alicyclic amines) is 1. The summed E-state index contributed by atoms with van der Waals surface area (Å²) in [5.41, 5.74) is 0. The number of hydrogen-bond donors (Lipinski definition) is 0. The lowest BCUT2D eigenvalue weighted by Crippen LogP contribution is -2.30. The van der Waals surface area contributed by atoms with Gasteiger partial charge >= 0.3 is 0 Å². The van der Waals surface area contributed by atoms with Gasteiger partial charge in [0, 0.05) is 20.0 Å². The SMILES string of the molecule is CN1CCCC(C(=O)N(C)C)CC1. The molecule has 1 aliphatic rings. The zero-order chi connectivity index (χ0) is 9.84. The van der Waals surface area contributed by atoms with Gasteiger partial charge in [-0.05, 0) is 39.4 Å². The van der Waals surface area contributed by atoms with Crippen LogP contribution >= 0.6 is 0 Å². The summed E-state index contributed by atoms with van der Waals surface area (Å²) < 4.78 is 0.